The number of carbonyl (C=O) groups is 1. The minimum absolute atomic E-state index is 0.0946. The Balaban J connectivity index is 1.62. The molecule has 0 saturated heterocycles. The minimum atomic E-state index is -0.128. The standard InChI is InChI=1S/C19H19ClN4O2S/c1-26-16-8-4-14(5-9-16)18-22-23-19(27)24(18)12-17(25)21-11-10-13-2-6-15(20)7-3-13/h2-9H,10-12H2,1H3,(H,21,25)(H,23,27). The second-order valence-electron chi connectivity index (χ2n) is 5.89. The van der Waals surface area contributed by atoms with Crippen molar-refractivity contribution in [3.63, 3.8) is 0 Å². The number of H-pyrrole nitrogens is 1. The minimum Gasteiger partial charge on any atom is -0.497 e. The molecule has 0 radical (unpaired) electrons. The van der Waals surface area contributed by atoms with Crippen LogP contribution in [-0.4, -0.2) is 34.3 Å². The molecule has 3 rings (SSSR count). The number of carbonyl (C=O) groups excluding carboxylic acids is 1. The van der Waals surface area contributed by atoms with Crippen LogP contribution in [0.4, 0.5) is 0 Å². The molecule has 6 nitrogen and oxygen atoms in total. The summed E-state index contributed by atoms with van der Waals surface area (Å²) in [7, 11) is 1.61. The lowest BCUT2D eigenvalue weighted by molar-refractivity contribution is -0.121. The van der Waals surface area contributed by atoms with Gasteiger partial charge >= 0.3 is 0 Å². The highest BCUT2D eigenvalue weighted by Gasteiger charge is 2.12. The van der Waals surface area contributed by atoms with E-state index in [1.807, 2.05) is 48.5 Å². The number of hydrogen-bond acceptors (Lipinski definition) is 4. The van der Waals surface area contributed by atoms with Crippen molar-refractivity contribution < 1.29 is 9.53 Å². The summed E-state index contributed by atoms with van der Waals surface area (Å²) < 4.78 is 7.24. The molecule has 8 heteroatoms. The van der Waals surface area contributed by atoms with Crippen LogP contribution in [0.1, 0.15) is 5.56 Å². The van der Waals surface area contributed by atoms with Gasteiger partial charge in [-0.25, -0.2) is 0 Å². The number of ether oxygens (including phenoxy) is 1. The number of hydrogen-bond donors (Lipinski definition) is 2. The number of nitrogens with one attached hydrogen (secondary N) is 2. The smallest absolute Gasteiger partial charge is 0.240 e. The summed E-state index contributed by atoms with van der Waals surface area (Å²) in [6, 6.07) is 15.0. The van der Waals surface area contributed by atoms with E-state index in [1.54, 1.807) is 11.7 Å². The summed E-state index contributed by atoms with van der Waals surface area (Å²) >= 11 is 11.1. The molecule has 0 spiro atoms. The predicted molar refractivity (Wildman–Crippen MR) is 108 cm³/mol. The largest absolute Gasteiger partial charge is 0.497 e. The Hall–Kier alpha value is -2.64. The van der Waals surface area contributed by atoms with Gasteiger partial charge in [0.1, 0.15) is 12.3 Å². The number of halogens is 1. The topological polar surface area (TPSA) is 71.9 Å². The number of aromatic nitrogens is 3. The Morgan fingerprint density at radius 1 is 1.22 bits per heavy atom. The summed E-state index contributed by atoms with van der Waals surface area (Å²) in [5.41, 5.74) is 1.95. The Morgan fingerprint density at radius 3 is 2.59 bits per heavy atom. The Labute approximate surface area is 167 Å². The van der Waals surface area contributed by atoms with Crippen LogP contribution < -0.4 is 10.1 Å². The second-order valence-corrected chi connectivity index (χ2v) is 6.72. The fraction of sp³-hybridized carbons (Fsp3) is 0.211. The average Bonchev–Trinajstić information content (AvgIpc) is 3.04. The van der Waals surface area contributed by atoms with Crippen molar-refractivity contribution in [2.75, 3.05) is 13.7 Å². The van der Waals surface area contributed by atoms with Crippen LogP contribution in [0.25, 0.3) is 11.4 Å². The molecule has 0 aliphatic carbocycles. The van der Waals surface area contributed by atoms with Crippen LogP contribution in [0.3, 0.4) is 0 Å². The normalized spacial score (nSPS) is 10.6. The summed E-state index contributed by atoms with van der Waals surface area (Å²) in [5.74, 6) is 1.23. The number of aromatic amines is 1. The van der Waals surface area contributed by atoms with Crippen molar-refractivity contribution in [3.05, 3.63) is 63.9 Å². The first-order valence-corrected chi connectivity index (χ1v) is 9.16. The highest BCUT2D eigenvalue weighted by molar-refractivity contribution is 7.71. The Morgan fingerprint density at radius 2 is 1.93 bits per heavy atom. The van der Waals surface area contributed by atoms with Gasteiger partial charge < -0.3 is 10.1 Å². The molecule has 0 aliphatic heterocycles. The molecule has 0 fully saturated rings. The van der Waals surface area contributed by atoms with Crippen molar-refractivity contribution in [2.45, 2.75) is 13.0 Å². The molecule has 27 heavy (non-hydrogen) atoms. The van der Waals surface area contributed by atoms with Crippen molar-refractivity contribution in [1.82, 2.24) is 20.1 Å². The van der Waals surface area contributed by atoms with Crippen molar-refractivity contribution in [2.24, 2.45) is 0 Å². The molecule has 3 aromatic rings. The highest BCUT2D eigenvalue weighted by atomic mass is 35.5. The zero-order valence-electron chi connectivity index (χ0n) is 14.7. The molecule has 0 atom stereocenters. The number of methoxy groups -OCH3 is 1. The van der Waals surface area contributed by atoms with Gasteiger partial charge in [-0.2, -0.15) is 5.10 Å². The van der Waals surface area contributed by atoms with Gasteiger partial charge in [0.15, 0.2) is 10.6 Å². The summed E-state index contributed by atoms with van der Waals surface area (Å²) in [6.07, 6.45) is 0.727. The van der Waals surface area contributed by atoms with Gasteiger partial charge in [0.2, 0.25) is 5.91 Å². The maximum Gasteiger partial charge on any atom is 0.240 e. The quantitative estimate of drug-likeness (QED) is 0.592. The van der Waals surface area contributed by atoms with Gasteiger partial charge in [-0.05, 0) is 60.6 Å². The van der Waals surface area contributed by atoms with Gasteiger partial charge in [0.25, 0.3) is 0 Å². The first kappa shape index (κ1) is 19.1. The van der Waals surface area contributed by atoms with Crippen LogP contribution in [0.2, 0.25) is 5.02 Å². The van der Waals surface area contributed by atoms with Gasteiger partial charge in [0, 0.05) is 17.1 Å². The van der Waals surface area contributed by atoms with E-state index in [4.69, 9.17) is 28.6 Å². The third kappa shape index (κ3) is 4.96. The zero-order chi connectivity index (χ0) is 19.2. The monoisotopic (exact) mass is 402 g/mol. The third-order valence-electron chi connectivity index (χ3n) is 4.06. The van der Waals surface area contributed by atoms with E-state index in [1.165, 1.54) is 0 Å². The van der Waals surface area contributed by atoms with Gasteiger partial charge in [-0.3, -0.25) is 14.5 Å². The van der Waals surface area contributed by atoms with Gasteiger partial charge in [-0.1, -0.05) is 23.7 Å². The van der Waals surface area contributed by atoms with Crippen LogP contribution in [0.5, 0.6) is 5.75 Å². The van der Waals surface area contributed by atoms with Crippen LogP contribution in [0.15, 0.2) is 48.5 Å². The predicted octanol–water partition coefficient (Wildman–Crippen LogP) is 3.63. The average molecular weight is 403 g/mol. The molecule has 1 aromatic heterocycles. The van der Waals surface area contributed by atoms with Crippen molar-refractivity contribution >= 4 is 29.7 Å². The number of nitrogens with zero attached hydrogens (tertiary/aromatic N) is 2. The molecule has 0 unspecified atom stereocenters. The van der Waals surface area contributed by atoms with E-state index in [0.717, 1.165) is 23.3 Å². The molecular formula is C19H19ClN4O2S. The number of amides is 1. The summed E-state index contributed by atoms with van der Waals surface area (Å²) in [5, 5.41) is 10.6. The fourth-order valence-corrected chi connectivity index (χ4v) is 2.94. The van der Waals surface area contributed by atoms with Crippen LogP contribution >= 0.6 is 23.8 Å². The Bertz CT molecular complexity index is 965. The molecule has 0 saturated carbocycles. The molecule has 0 bridgehead atoms. The first-order chi connectivity index (χ1) is 13.1. The summed E-state index contributed by atoms with van der Waals surface area (Å²) in [6.45, 7) is 0.626. The van der Waals surface area contributed by atoms with E-state index in [9.17, 15) is 4.79 Å². The summed E-state index contributed by atoms with van der Waals surface area (Å²) in [4.78, 5) is 12.3. The van der Waals surface area contributed by atoms with E-state index in [-0.39, 0.29) is 12.5 Å². The first-order valence-electron chi connectivity index (χ1n) is 8.37. The lowest BCUT2D eigenvalue weighted by Crippen LogP contribution is -2.29. The molecule has 1 heterocycles. The number of benzene rings is 2. The second kappa shape index (κ2) is 8.83. The number of rotatable bonds is 7. The van der Waals surface area contributed by atoms with E-state index in [2.05, 4.69) is 15.5 Å². The molecule has 140 valence electrons. The maximum absolute atomic E-state index is 12.3. The SMILES string of the molecule is COc1ccc(-c2n[nH]c(=S)n2CC(=O)NCCc2ccc(Cl)cc2)cc1. The Kier molecular flexibility index (Phi) is 6.26. The maximum atomic E-state index is 12.3. The lowest BCUT2D eigenvalue weighted by Gasteiger charge is -2.09. The van der Waals surface area contributed by atoms with Crippen molar-refractivity contribution in [3.8, 4) is 17.1 Å². The molecule has 2 aromatic carbocycles. The van der Waals surface area contributed by atoms with Crippen LogP contribution in [-0.2, 0) is 17.8 Å². The lowest BCUT2D eigenvalue weighted by atomic mass is 10.1. The highest BCUT2D eigenvalue weighted by Crippen LogP contribution is 2.20. The van der Waals surface area contributed by atoms with Crippen molar-refractivity contribution in [1.29, 1.82) is 0 Å². The van der Waals surface area contributed by atoms with Gasteiger partial charge in [-0.15, -0.1) is 0 Å². The zero-order valence-corrected chi connectivity index (χ0v) is 16.3. The van der Waals surface area contributed by atoms with Crippen LogP contribution in [0, 0.1) is 4.77 Å². The molecule has 0 aliphatic rings. The van der Waals surface area contributed by atoms with Gasteiger partial charge in [0.05, 0.1) is 7.11 Å². The third-order valence-corrected chi connectivity index (χ3v) is 4.62. The molecule has 2 N–H and O–H groups in total. The molecule has 1 amide bonds. The van der Waals surface area contributed by atoms with E-state index in [0.29, 0.717) is 22.2 Å². The van der Waals surface area contributed by atoms with E-state index < -0.39 is 0 Å². The molecular weight excluding hydrogens is 384 g/mol. The van der Waals surface area contributed by atoms with E-state index >= 15 is 0 Å². The fourth-order valence-electron chi connectivity index (χ4n) is 2.62.